The van der Waals surface area contributed by atoms with Crippen molar-refractivity contribution in [3.8, 4) is 0 Å². The fourth-order valence-corrected chi connectivity index (χ4v) is 2.17. The number of carbonyl (C=O) groups is 2. The van der Waals surface area contributed by atoms with E-state index in [9.17, 15) is 9.59 Å². The van der Waals surface area contributed by atoms with Crippen molar-refractivity contribution < 1.29 is 9.59 Å². The van der Waals surface area contributed by atoms with Crippen LogP contribution in [0, 0.1) is 5.92 Å². The predicted octanol–water partition coefficient (Wildman–Crippen LogP) is 0.303. The van der Waals surface area contributed by atoms with Crippen molar-refractivity contribution in [3.05, 3.63) is 16.6 Å². The number of likely N-dealkylation sites (tertiary alicyclic amines) is 1. The van der Waals surface area contributed by atoms with E-state index in [2.05, 4.69) is 4.98 Å². The van der Waals surface area contributed by atoms with Crippen LogP contribution in [0.15, 0.2) is 10.9 Å². The molecule has 0 aromatic carbocycles. The van der Waals surface area contributed by atoms with Crippen molar-refractivity contribution in [2.45, 2.75) is 0 Å². The number of rotatable bonds is 2. The fraction of sp³-hybridized carbons (Fsp3) is 0.500. The second kappa shape index (κ2) is 4.21. The van der Waals surface area contributed by atoms with Gasteiger partial charge < -0.3 is 9.80 Å². The van der Waals surface area contributed by atoms with Crippen molar-refractivity contribution >= 4 is 23.2 Å². The molecule has 0 aliphatic carbocycles. The minimum atomic E-state index is -0.0796. The van der Waals surface area contributed by atoms with E-state index < -0.39 is 0 Å². The van der Waals surface area contributed by atoms with Crippen LogP contribution >= 0.6 is 11.3 Å². The molecule has 1 aromatic heterocycles. The van der Waals surface area contributed by atoms with Crippen LogP contribution in [0.1, 0.15) is 10.5 Å². The van der Waals surface area contributed by atoms with Crippen LogP contribution in [0.3, 0.4) is 0 Å². The standard InChI is InChI=1S/C10H13N3O2S/c1-12(2)9(14)7-3-13(4-7)10(15)8-5-16-6-11-8/h5-7H,3-4H2,1-2H3. The van der Waals surface area contributed by atoms with Crippen molar-refractivity contribution in [2.24, 2.45) is 5.92 Å². The maximum absolute atomic E-state index is 11.8. The summed E-state index contributed by atoms with van der Waals surface area (Å²) in [4.78, 5) is 30.5. The van der Waals surface area contributed by atoms with Crippen molar-refractivity contribution in [1.29, 1.82) is 0 Å². The number of carbonyl (C=O) groups excluding carboxylic acids is 2. The topological polar surface area (TPSA) is 53.5 Å². The molecular weight excluding hydrogens is 226 g/mol. The average molecular weight is 239 g/mol. The second-order valence-electron chi connectivity index (χ2n) is 4.01. The molecule has 1 aromatic rings. The summed E-state index contributed by atoms with van der Waals surface area (Å²) >= 11 is 1.40. The Balaban J connectivity index is 1.89. The molecule has 1 fully saturated rings. The van der Waals surface area contributed by atoms with Crippen LogP contribution in [-0.2, 0) is 4.79 Å². The minimum absolute atomic E-state index is 0.0439. The summed E-state index contributed by atoms with van der Waals surface area (Å²) in [5.74, 6) is -0.0380. The van der Waals surface area contributed by atoms with E-state index in [1.54, 1.807) is 34.8 Å². The molecule has 2 rings (SSSR count). The normalized spacial score (nSPS) is 15.8. The molecule has 0 unspecified atom stereocenters. The highest BCUT2D eigenvalue weighted by Gasteiger charge is 2.37. The van der Waals surface area contributed by atoms with Gasteiger partial charge >= 0.3 is 0 Å². The Kier molecular flexibility index (Phi) is 2.91. The van der Waals surface area contributed by atoms with Crippen LogP contribution in [0.4, 0.5) is 0 Å². The molecule has 1 aliphatic rings. The van der Waals surface area contributed by atoms with Gasteiger partial charge in [0, 0.05) is 32.6 Å². The maximum Gasteiger partial charge on any atom is 0.273 e. The molecule has 0 N–H and O–H groups in total. The van der Waals surface area contributed by atoms with E-state index in [-0.39, 0.29) is 17.7 Å². The zero-order valence-corrected chi connectivity index (χ0v) is 10.0. The lowest BCUT2D eigenvalue weighted by atomic mass is 9.98. The number of hydrogen-bond donors (Lipinski definition) is 0. The van der Waals surface area contributed by atoms with Gasteiger partial charge in [0.25, 0.3) is 5.91 Å². The van der Waals surface area contributed by atoms with Gasteiger partial charge in [0.05, 0.1) is 11.4 Å². The molecule has 2 heterocycles. The Hall–Kier alpha value is -1.43. The quantitative estimate of drug-likeness (QED) is 0.746. The van der Waals surface area contributed by atoms with Gasteiger partial charge in [0.1, 0.15) is 5.69 Å². The van der Waals surface area contributed by atoms with E-state index in [1.165, 1.54) is 11.3 Å². The highest BCUT2D eigenvalue weighted by atomic mass is 32.1. The molecule has 0 spiro atoms. The maximum atomic E-state index is 11.8. The molecule has 0 atom stereocenters. The van der Waals surface area contributed by atoms with E-state index in [0.29, 0.717) is 18.8 Å². The lowest BCUT2D eigenvalue weighted by Gasteiger charge is -2.38. The number of hydrogen-bond acceptors (Lipinski definition) is 4. The first-order valence-corrected chi connectivity index (χ1v) is 5.92. The number of aromatic nitrogens is 1. The molecule has 1 saturated heterocycles. The van der Waals surface area contributed by atoms with Gasteiger partial charge in [-0.1, -0.05) is 0 Å². The summed E-state index contributed by atoms with van der Waals surface area (Å²) in [5, 5.41) is 1.73. The molecule has 16 heavy (non-hydrogen) atoms. The molecule has 2 amide bonds. The monoisotopic (exact) mass is 239 g/mol. The minimum Gasteiger partial charge on any atom is -0.348 e. The molecule has 0 radical (unpaired) electrons. The van der Waals surface area contributed by atoms with Gasteiger partial charge in [0.2, 0.25) is 5.91 Å². The predicted molar refractivity (Wildman–Crippen MR) is 60.2 cm³/mol. The van der Waals surface area contributed by atoms with E-state index >= 15 is 0 Å². The van der Waals surface area contributed by atoms with Crippen LogP contribution in [-0.4, -0.2) is 53.8 Å². The van der Waals surface area contributed by atoms with E-state index in [4.69, 9.17) is 0 Å². The van der Waals surface area contributed by atoms with Crippen LogP contribution in [0.25, 0.3) is 0 Å². The lowest BCUT2D eigenvalue weighted by molar-refractivity contribution is -0.137. The fourth-order valence-electron chi connectivity index (χ4n) is 1.65. The first-order chi connectivity index (χ1) is 7.59. The third-order valence-corrected chi connectivity index (χ3v) is 3.20. The second-order valence-corrected chi connectivity index (χ2v) is 4.73. The lowest BCUT2D eigenvalue weighted by Crippen LogP contribution is -2.55. The van der Waals surface area contributed by atoms with Gasteiger partial charge in [0.15, 0.2) is 0 Å². The molecule has 6 heteroatoms. The third-order valence-electron chi connectivity index (χ3n) is 2.61. The van der Waals surface area contributed by atoms with E-state index in [0.717, 1.165) is 0 Å². The Morgan fingerprint density at radius 3 is 2.69 bits per heavy atom. The van der Waals surface area contributed by atoms with Gasteiger partial charge in [-0.05, 0) is 0 Å². The van der Waals surface area contributed by atoms with Gasteiger partial charge in [-0.25, -0.2) is 4.98 Å². The number of thiazole rings is 1. The Morgan fingerprint density at radius 2 is 2.19 bits per heavy atom. The molecule has 0 bridgehead atoms. The Morgan fingerprint density at radius 1 is 1.50 bits per heavy atom. The number of amides is 2. The first kappa shape index (κ1) is 11.1. The van der Waals surface area contributed by atoms with E-state index in [1.807, 2.05) is 0 Å². The summed E-state index contributed by atoms with van der Waals surface area (Å²) in [6, 6.07) is 0. The SMILES string of the molecule is CN(C)C(=O)C1CN(C(=O)c2cscn2)C1. The summed E-state index contributed by atoms with van der Waals surface area (Å²) in [5.41, 5.74) is 2.11. The van der Waals surface area contributed by atoms with Gasteiger partial charge in [-0.3, -0.25) is 9.59 Å². The van der Waals surface area contributed by atoms with Gasteiger partial charge in [-0.2, -0.15) is 0 Å². The molecule has 86 valence electrons. The summed E-state index contributed by atoms with van der Waals surface area (Å²) in [7, 11) is 3.46. The van der Waals surface area contributed by atoms with Crippen LogP contribution in [0.2, 0.25) is 0 Å². The van der Waals surface area contributed by atoms with Crippen molar-refractivity contribution in [1.82, 2.24) is 14.8 Å². The number of nitrogens with zero attached hydrogens (tertiary/aromatic N) is 3. The summed E-state index contributed by atoms with van der Waals surface area (Å²) < 4.78 is 0. The zero-order chi connectivity index (χ0) is 11.7. The van der Waals surface area contributed by atoms with Crippen molar-refractivity contribution in [2.75, 3.05) is 27.2 Å². The smallest absolute Gasteiger partial charge is 0.273 e. The highest BCUT2D eigenvalue weighted by Crippen LogP contribution is 2.19. The van der Waals surface area contributed by atoms with Crippen LogP contribution in [0.5, 0.6) is 0 Å². The molecular formula is C10H13N3O2S. The third kappa shape index (κ3) is 1.92. The largest absolute Gasteiger partial charge is 0.348 e. The summed E-state index contributed by atoms with van der Waals surface area (Å²) in [6.45, 7) is 1.01. The molecule has 5 nitrogen and oxygen atoms in total. The van der Waals surface area contributed by atoms with Crippen molar-refractivity contribution in [3.63, 3.8) is 0 Å². The average Bonchev–Trinajstić information content (AvgIpc) is 2.67. The molecule has 0 saturated carbocycles. The highest BCUT2D eigenvalue weighted by molar-refractivity contribution is 7.07. The molecule has 1 aliphatic heterocycles. The first-order valence-electron chi connectivity index (χ1n) is 4.98. The van der Waals surface area contributed by atoms with Crippen LogP contribution < -0.4 is 0 Å². The van der Waals surface area contributed by atoms with Gasteiger partial charge in [-0.15, -0.1) is 11.3 Å². The summed E-state index contributed by atoms with van der Waals surface area (Å²) in [6.07, 6.45) is 0. The zero-order valence-electron chi connectivity index (χ0n) is 9.21. The Bertz CT molecular complexity index is 396. The Labute approximate surface area is 97.7 Å².